The number of para-hydroxylation sites is 1. The largest absolute Gasteiger partial charge is 0.262 e. The molecular formula is C9H3N3. The van der Waals surface area contributed by atoms with Crippen LogP contribution in [0.3, 0.4) is 0 Å². The molecule has 0 aliphatic rings. The summed E-state index contributed by atoms with van der Waals surface area (Å²) in [6, 6.07) is 4.68. The Bertz CT molecular complexity index is 394. The maximum Gasteiger partial charge on any atom is 0.200 e. The molecule has 0 spiro atoms. The third-order valence-corrected chi connectivity index (χ3v) is 1.35. The summed E-state index contributed by atoms with van der Waals surface area (Å²) < 4.78 is 0. The van der Waals surface area contributed by atoms with Crippen molar-refractivity contribution < 1.29 is 0 Å². The quantitative estimate of drug-likeness (QED) is 0.507. The van der Waals surface area contributed by atoms with Gasteiger partial charge in [-0.25, -0.2) is 0 Å². The first-order chi connectivity index (χ1) is 5.83. The Morgan fingerprint density at radius 2 is 1.33 bits per heavy atom. The molecule has 54 valence electrons. The van der Waals surface area contributed by atoms with Gasteiger partial charge in [-0.2, -0.15) is 0 Å². The Morgan fingerprint density at radius 3 is 1.67 bits per heavy atom. The summed E-state index contributed by atoms with van der Waals surface area (Å²) in [7, 11) is 0. The van der Waals surface area contributed by atoms with E-state index in [9.17, 15) is 0 Å². The third-order valence-electron chi connectivity index (χ3n) is 1.35. The Labute approximate surface area is 70.3 Å². The first-order valence-electron chi connectivity index (χ1n) is 3.09. The summed E-state index contributed by atoms with van der Waals surface area (Å²) in [4.78, 5) is 9.42. The second-order valence-electron chi connectivity index (χ2n) is 1.98. The van der Waals surface area contributed by atoms with E-state index in [1.54, 1.807) is 6.07 Å². The second kappa shape index (κ2) is 3.19. The summed E-state index contributed by atoms with van der Waals surface area (Å²) >= 11 is 0. The zero-order valence-corrected chi connectivity index (χ0v) is 6.07. The van der Waals surface area contributed by atoms with Crippen molar-refractivity contribution in [2.24, 2.45) is 0 Å². The average molecular weight is 153 g/mol. The lowest BCUT2D eigenvalue weighted by atomic mass is 10.2. The van der Waals surface area contributed by atoms with Gasteiger partial charge in [0, 0.05) is 0 Å². The van der Waals surface area contributed by atoms with Crippen LogP contribution in [0.1, 0.15) is 0 Å². The molecule has 0 aromatic heterocycles. The van der Waals surface area contributed by atoms with E-state index in [4.69, 9.17) is 19.7 Å². The molecule has 0 aliphatic carbocycles. The van der Waals surface area contributed by atoms with E-state index in [1.165, 1.54) is 12.1 Å². The fourth-order valence-corrected chi connectivity index (χ4v) is 0.814. The second-order valence-corrected chi connectivity index (χ2v) is 1.98. The van der Waals surface area contributed by atoms with Gasteiger partial charge in [-0.15, -0.1) is 0 Å². The molecule has 12 heavy (non-hydrogen) atoms. The predicted molar refractivity (Wildman–Crippen MR) is 45.2 cm³/mol. The van der Waals surface area contributed by atoms with Gasteiger partial charge in [0.05, 0.1) is 19.7 Å². The van der Waals surface area contributed by atoms with Crippen molar-refractivity contribution in [3.05, 3.63) is 52.5 Å². The van der Waals surface area contributed by atoms with Crippen molar-refractivity contribution in [2.75, 3.05) is 0 Å². The highest BCUT2D eigenvalue weighted by atomic mass is 14.8. The van der Waals surface area contributed by atoms with Crippen LogP contribution < -0.4 is 0 Å². The van der Waals surface area contributed by atoms with Gasteiger partial charge in [0.25, 0.3) is 0 Å². The van der Waals surface area contributed by atoms with Crippen LogP contribution in [0.15, 0.2) is 18.2 Å². The monoisotopic (exact) mass is 153 g/mol. The van der Waals surface area contributed by atoms with E-state index in [0.717, 1.165) is 0 Å². The number of benzene rings is 1. The molecule has 1 aromatic carbocycles. The van der Waals surface area contributed by atoms with E-state index >= 15 is 0 Å². The van der Waals surface area contributed by atoms with Crippen molar-refractivity contribution in [3.8, 4) is 0 Å². The maximum atomic E-state index is 6.77. The summed E-state index contributed by atoms with van der Waals surface area (Å²) in [5.41, 5.74) is 0.652. The first-order valence-corrected chi connectivity index (χ1v) is 3.09. The molecule has 3 heteroatoms. The topological polar surface area (TPSA) is 13.1 Å². The highest BCUT2D eigenvalue weighted by molar-refractivity contribution is 5.84. The Morgan fingerprint density at radius 1 is 0.833 bits per heavy atom. The summed E-state index contributed by atoms with van der Waals surface area (Å²) in [5.74, 6) is 0. The smallest absolute Gasteiger partial charge is 0.200 e. The van der Waals surface area contributed by atoms with Gasteiger partial charge in [0.2, 0.25) is 5.69 Å². The number of hydrogen-bond donors (Lipinski definition) is 0. The van der Waals surface area contributed by atoms with E-state index in [0.29, 0.717) is 0 Å². The van der Waals surface area contributed by atoms with Gasteiger partial charge >= 0.3 is 0 Å². The molecule has 0 fully saturated rings. The lowest BCUT2D eigenvalue weighted by Crippen LogP contribution is -1.63. The summed E-state index contributed by atoms with van der Waals surface area (Å²) in [6.07, 6.45) is 0. The maximum absolute atomic E-state index is 6.77. The molecule has 1 rings (SSSR count). The predicted octanol–water partition coefficient (Wildman–Crippen LogP) is 3.34. The SMILES string of the molecule is [C-]#[N+]c1cccc([N+]#[C-])c1[N+]#[C-]. The molecule has 0 bridgehead atoms. The molecule has 0 saturated heterocycles. The Balaban J connectivity index is 3.51. The summed E-state index contributed by atoms with van der Waals surface area (Å²) in [6.45, 7) is 20.2. The van der Waals surface area contributed by atoms with Crippen LogP contribution in [0.2, 0.25) is 0 Å². The van der Waals surface area contributed by atoms with Gasteiger partial charge < -0.3 is 0 Å². The van der Waals surface area contributed by atoms with Crippen LogP contribution >= 0.6 is 0 Å². The fraction of sp³-hybridized carbons (Fsp3) is 0. The minimum absolute atomic E-state index is 0.155. The highest BCUT2D eigenvalue weighted by Crippen LogP contribution is 2.37. The molecule has 0 amide bonds. The molecule has 0 radical (unpaired) electrons. The van der Waals surface area contributed by atoms with Crippen molar-refractivity contribution in [1.82, 2.24) is 0 Å². The third kappa shape index (κ3) is 1.10. The molecule has 3 nitrogen and oxygen atoms in total. The lowest BCUT2D eigenvalue weighted by molar-refractivity contribution is 1.72. The molecule has 0 unspecified atom stereocenters. The number of rotatable bonds is 0. The Kier molecular flexibility index (Phi) is 2.07. The minimum atomic E-state index is 0.155. The molecule has 0 N–H and O–H groups in total. The fourth-order valence-electron chi connectivity index (χ4n) is 0.814. The van der Waals surface area contributed by atoms with Crippen LogP contribution in [0.4, 0.5) is 17.1 Å². The summed E-state index contributed by atoms with van der Waals surface area (Å²) in [5, 5.41) is 0. The normalized spacial score (nSPS) is 7.75. The van der Waals surface area contributed by atoms with Crippen LogP contribution in [0, 0.1) is 19.7 Å². The molecule has 0 aliphatic heterocycles. The molecule has 1 aromatic rings. The van der Waals surface area contributed by atoms with E-state index in [-0.39, 0.29) is 17.1 Å². The number of nitrogens with zero attached hydrogens (tertiary/aromatic N) is 3. The Hall–Kier alpha value is -2.31. The standard InChI is InChI=1S/C9H3N3/c1-10-7-5-4-6-8(11-2)9(7)12-3/h4-6H. The van der Waals surface area contributed by atoms with Crippen LogP contribution in [-0.4, -0.2) is 0 Å². The molecule has 0 saturated carbocycles. The van der Waals surface area contributed by atoms with Gasteiger partial charge in [-0.3, -0.25) is 14.5 Å². The van der Waals surface area contributed by atoms with E-state index in [2.05, 4.69) is 14.5 Å². The van der Waals surface area contributed by atoms with Gasteiger partial charge in [-0.1, -0.05) is 18.2 Å². The van der Waals surface area contributed by atoms with E-state index < -0.39 is 0 Å². The van der Waals surface area contributed by atoms with Crippen molar-refractivity contribution in [2.45, 2.75) is 0 Å². The zero-order chi connectivity index (χ0) is 8.97. The van der Waals surface area contributed by atoms with Gasteiger partial charge in [0.1, 0.15) is 0 Å². The van der Waals surface area contributed by atoms with Gasteiger partial charge in [0.15, 0.2) is 11.4 Å². The van der Waals surface area contributed by atoms with Crippen molar-refractivity contribution >= 4 is 17.1 Å². The lowest BCUT2D eigenvalue weighted by Gasteiger charge is -1.94. The number of hydrogen-bond acceptors (Lipinski definition) is 0. The van der Waals surface area contributed by atoms with Crippen LogP contribution in [-0.2, 0) is 0 Å². The van der Waals surface area contributed by atoms with Crippen molar-refractivity contribution in [1.29, 1.82) is 0 Å². The van der Waals surface area contributed by atoms with E-state index in [1.807, 2.05) is 0 Å². The van der Waals surface area contributed by atoms with Gasteiger partial charge in [-0.05, 0) is 0 Å². The van der Waals surface area contributed by atoms with Crippen LogP contribution in [0.5, 0.6) is 0 Å². The molecule has 0 atom stereocenters. The molecular weight excluding hydrogens is 150 g/mol. The molecule has 0 heterocycles. The minimum Gasteiger partial charge on any atom is -0.262 e. The highest BCUT2D eigenvalue weighted by Gasteiger charge is 2.06. The first kappa shape index (κ1) is 7.79. The van der Waals surface area contributed by atoms with Crippen LogP contribution in [0.25, 0.3) is 14.5 Å². The average Bonchev–Trinajstić information content (AvgIpc) is 2.16. The van der Waals surface area contributed by atoms with Crippen molar-refractivity contribution in [3.63, 3.8) is 0 Å². The zero-order valence-electron chi connectivity index (χ0n) is 6.07.